The Hall–Kier alpha value is -1.32. The molecule has 1 fully saturated rings. The molecule has 0 aromatic rings. The third kappa shape index (κ3) is 5.36. The highest BCUT2D eigenvalue weighted by atomic mass is 16.4. The van der Waals surface area contributed by atoms with Gasteiger partial charge in [-0.05, 0) is 38.0 Å². The van der Waals surface area contributed by atoms with Crippen molar-refractivity contribution in [3.8, 4) is 0 Å². The second-order valence-corrected chi connectivity index (χ2v) is 7.14. The Kier molecular flexibility index (Phi) is 7.80. The zero-order chi connectivity index (χ0) is 17.6. The number of allylic oxidation sites excluding steroid dienone is 2. The lowest BCUT2D eigenvalue weighted by molar-refractivity contribution is -0.150. The summed E-state index contributed by atoms with van der Waals surface area (Å²) in [5, 5.41) is 9.26. The molecule has 1 unspecified atom stereocenters. The van der Waals surface area contributed by atoms with Crippen LogP contribution in [0, 0.1) is 17.8 Å². The maximum Gasteiger partial charge on any atom is 0.326 e. The Morgan fingerprint density at radius 3 is 2.48 bits per heavy atom. The largest absolute Gasteiger partial charge is 0.480 e. The lowest BCUT2D eigenvalue weighted by Gasteiger charge is -2.28. The van der Waals surface area contributed by atoms with Gasteiger partial charge in [0.2, 0.25) is 5.91 Å². The summed E-state index contributed by atoms with van der Waals surface area (Å²) in [6, 6.07) is -0.634. The van der Waals surface area contributed by atoms with Crippen LogP contribution in [0.15, 0.2) is 11.6 Å². The fourth-order valence-corrected chi connectivity index (χ4v) is 3.37. The lowest BCUT2D eigenvalue weighted by atomic mass is 9.86. The van der Waals surface area contributed by atoms with Gasteiger partial charge in [-0.15, -0.1) is 0 Å². The number of carboxylic acid groups (broad SMARTS) is 1. The van der Waals surface area contributed by atoms with E-state index in [4.69, 9.17) is 0 Å². The molecule has 0 aliphatic carbocycles. The molecule has 1 N–H and O–H groups in total. The minimum atomic E-state index is -0.879. The predicted molar refractivity (Wildman–Crippen MR) is 93.1 cm³/mol. The molecular formula is C19H33NO3. The normalized spacial score (nSPS) is 22.7. The van der Waals surface area contributed by atoms with E-state index in [1.807, 2.05) is 6.92 Å². The molecule has 0 spiro atoms. The molecule has 1 aliphatic heterocycles. The molecular weight excluding hydrogens is 290 g/mol. The van der Waals surface area contributed by atoms with Crippen LogP contribution in [0.4, 0.5) is 0 Å². The quantitative estimate of drug-likeness (QED) is 0.684. The molecule has 0 aromatic carbocycles. The van der Waals surface area contributed by atoms with Crippen molar-refractivity contribution in [3.05, 3.63) is 11.6 Å². The number of carboxylic acids is 1. The number of carbonyl (C=O) groups is 2. The first-order valence-electron chi connectivity index (χ1n) is 9.01. The van der Waals surface area contributed by atoms with Gasteiger partial charge in [0.1, 0.15) is 6.04 Å². The van der Waals surface area contributed by atoms with Gasteiger partial charge in [0.25, 0.3) is 0 Å². The maximum absolute atomic E-state index is 12.7. The Balaban J connectivity index is 2.71. The highest BCUT2D eigenvalue weighted by Gasteiger charge is 2.37. The second kappa shape index (κ2) is 9.09. The van der Waals surface area contributed by atoms with Gasteiger partial charge in [-0.25, -0.2) is 4.79 Å². The zero-order valence-electron chi connectivity index (χ0n) is 15.3. The highest BCUT2D eigenvalue weighted by Crippen LogP contribution is 2.27. The summed E-state index contributed by atoms with van der Waals surface area (Å²) in [5.74, 6) is -0.406. The van der Waals surface area contributed by atoms with Crippen LogP contribution in [-0.2, 0) is 9.59 Å². The van der Waals surface area contributed by atoms with E-state index in [2.05, 4.69) is 33.8 Å². The maximum atomic E-state index is 12.7. The minimum absolute atomic E-state index is 0.0173. The minimum Gasteiger partial charge on any atom is -0.480 e. The molecule has 0 bridgehead atoms. The van der Waals surface area contributed by atoms with Crippen molar-refractivity contribution in [2.75, 3.05) is 6.54 Å². The first-order chi connectivity index (χ1) is 10.8. The van der Waals surface area contributed by atoms with Crippen LogP contribution in [0.1, 0.15) is 66.7 Å². The third-order valence-electron chi connectivity index (χ3n) is 5.24. The SMILES string of the molecule is CCCCC(C)/C=C(\C)[C@H](C)[C@H](C)C(=O)N1CCC[C@H]1C(=O)O. The summed E-state index contributed by atoms with van der Waals surface area (Å²) in [5.41, 5.74) is 1.24. The number of aliphatic carboxylic acids is 1. The molecule has 0 aromatic heterocycles. The summed E-state index contributed by atoms with van der Waals surface area (Å²) < 4.78 is 0. The number of amides is 1. The van der Waals surface area contributed by atoms with Gasteiger partial charge < -0.3 is 10.0 Å². The van der Waals surface area contributed by atoms with Crippen molar-refractivity contribution < 1.29 is 14.7 Å². The molecule has 1 amide bonds. The molecule has 1 rings (SSSR count). The van der Waals surface area contributed by atoms with Crippen LogP contribution in [-0.4, -0.2) is 34.5 Å². The number of nitrogens with zero attached hydrogens (tertiary/aromatic N) is 1. The number of hydrogen-bond donors (Lipinski definition) is 1. The summed E-state index contributed by atoms with van der Waals surface area (Å²) in [4.78, 5) is 25.5. The van der Waals surface area contributed by atoms with Crippen molar-refractivity contribution in [2.45, 2.75) is 72.8 Å². The number of likely N-dealkylation sites (tertiary alicyclic amines) is 1. The zero-order valence-corrected chi connectivity index (χ0v) is 15.3. The van der Waals surface area contributed by atoms with E-state index in [0.29, 0.717) is 18.9 Å². The molecule has 1 heterocycles. The standard InChI is InChI=1S/C19H33NO3/c1-6-7-9-13(2)12-14(3)15(4)16(5)18(21)20-11-8-10-17(20)19(22)23/h12-13,15-17H,6-11H2,1-5H3,(H,22,23)/b14-12+/t13?,15-,16-,17-/m0/s1. The van der Waals surface area contributed by atoms with Gasteiger partial charge in [-0.1, -0.05) is 52.2 Å². The van der Waals surface area contributed by atoms with Gasteiger partial charge in [-0.3, -0.25) is 4.79 Å². The number of unbranched alkanes of at least 4 members (excludes halogenated alkanes) is 1. The molecule has 4 heteroatoms. The topological polar surface area (TPSA) is 57.6 Å². The second-order valence-electron chi connectivity index (χ2n) is 7.14. The smallest absolute Gasteiger partial charge is 0.326 e. The summed E-state index contributed by atoms with van der Waals surface area (Å²) in [6.45, 7) is 11.1. The Labute approximate surface area is 140 Å². The molecule has 132 valence electrons. The van der Waals surface area contributed by atoms with E-state index < -0.39 is 12.0 Å². The van der Waals surface area contributed by atoms with Crippen molar-refractivity contribution in [1.29, 1.82) is 0 Å². The predicted octanol–water partition coefficient (Wildman–Crippen LogP) is 4.11. The molecule has 1 saturated heterocycles. The van der Waals surface area contributed by atoms with Crippen LogP contribution in [0.2, 0.25) is 0 Å². The van der Waals surface area contributed by atoms with E-state index in [1.165, 1.54) is 24.8 Å². The van der Waals surface area contributed by atoms with Gasteiger partial charge in [0.15, 0.2) is 0 Å². The summed E-state index contributed by atoms with van der Waals surface area (Å²) in [6.07, 6.45) is 7.24. The van der Waals surface area contributed by atoms with E-state index >= 15 is 0 Å². The van der Waals surface area contributed by atoms with Gasteiger partial charge >= 0.3 is 5.97 Å². The Morgan fingerprint density at radius 2 is 1.91 bits per heavy atom. The van der Waals surface area contributed by atoms with E-state index in [9.17, 15) is 14.7 Å². The first kappa shape index (κ1) is 19.7. The highest BCUT2D eigenvalue weighted by molar-refractivity contribution is 5.85. The van der Waals surface area contributed by atoms with E-state index in [-0.39, 0.29) is 17.7 Å². The van der Waals surface area contributed by atoms with E-state index in [1.54, 1.807) is 4.90 Å². The molecule has 23 heavy (non-hydrogen) atoms. The molecule has 4 atom stereocenters. The molecule has 1 aliphatic rings. The Bertz CT molecular complexity index is 444. The van der Waals surface area contributed by atoms with Crippen molar-refractivity contribution in [2.24, 2.45) is 17.8 Å². The number of hydrogen-bond acceptors (Lipinski definition) is 2. The molecule has 0 saturated carbocycles. The first-order valence-corrected chi connectivity index (χ1v) is 9.01. The monoisotopic (exact) mass is 323 g/mol. The summed E-state index contributed by atoms with van der Waals surface area (Å²) in [7, 11) is 0. The molecule has 4 nitrogen and oxygen atoms in total. The van der Waals surface area contributed by atoms with Crippen LogP contribution >= 0.6 is 0 Å². The van der Waals surface area contributed by atoms with Crippen LogP contribution < -0.4 is 0 Å². The van der Waals surface area contributed by atoms with Crippen molar-refractivity contribution in [3.63, 3.8) is 0 Å². The van der Waals surface area contributed by atoms with Crippen molar-refractivity contribution >= 4 is 11.9 Å². The van der Waals surface area contributed by atoms with E-state index in [0.717, 1.165) is 6.42 Å². The Morgan fingerprint density at radius 1 is 1.26 bits per heavy atom. The average Bonchev–Trinajstić information content (AvgIpc) is 3.00. The van der Waals surface area contributed by atoms with Crippen LogP contribution in [0.25, 0.3) is 0 Å². The van der Waals surface area contributed by atoms with Gasteiger partial charge in [0.05, 0.1) is 0 Å². The number of rotatable bonds is 8. The number of carbonyl (C=O) groups excluding carboxylic acids is 1. The fraction of sp³-hybridized carbons (Fsp3) is 0.789. The van der Waals surface area contributed by atoms with Crippen molar-refractivity contribution in [1.82, 2.24) is 4.90 Å². The molecule has 0 radical (unpaired) electrons. The van der Waals surface area contributed by atoms with Gasteiger partial charge in [-0.2, -0.15) is 0 Å². The van der Waals surface area contributed by atoms with Crippen LogP contribution in [0.5, 0.6) is 0 Å². The van der Waals surface area contributed by atoms with Crippen LogP contribution in [0.3, 0.4) is 0 Å². The average molecular weight is 323 g/mol. The third-order valence-corrected chi connectivity index (χ3v) is 5.24. The summed E-state index contributed by atoms with van der Waals surface area (Å²) >= 11 is 0. The lowest BCUT2D eigenvalue weighted by Crippen LogP contribution is -2.44. The van der Waals surface area contributed by atoms with Gasteiger partial charge in [0, 0.05) is 12.5 Å². The fourth-order valence-electron chi connectivity index (χ4n) is 3.37.